The summed E-state index contributed by atoms with van der Waals surface area (Å²) >= 11 is 0. The molecule has 158 valence electrons. The second-order valence-corrected chi connectivity index (χ2v) is 8.70. The molecule has 7 heteroatoms. The molecule has 30 heavy (non-hydrogen) atoms. The summed E-state index contributed by atoms with van der Waals surface area (Å²) in [7, 11) is 0. The Hall–Kier alpha value is -2.64. The Labute approximate surface area is 177 Å². The Morgan fingerprint density at radius 1 is 1.00 bits per heavy atom. The van der Waals surface area contributed by atoms with E-state index >= 15 is 0 Å². The van der Waals surface area contributed by atoms with Crippen LogP contribution in [0.4, 0.5) is 10.1 Å². The third kappa shape index (κ3) is 4.00. The summed E-state index contributed by atoms with van der Waals surface area (Å²) in [5.74, 6) is 0.543. The van der Waals surface area contributed by atoms with Gasteiger partial charge in [-0.25, -0.2) is 9.07 Å². The van der Waals surface area contributed by atoms with Gasteiger partial charge in [0.05, 0.1) is 11.1 Å². The molecule has 4 rings (SSSR count). The first-order chi connectivity index (χ1) is 14.5. The quantitative estimate of drug-likeness (QED) is 0.641. The van der Waals surface area contributed by atoms with E-state index in [1.807, 2.05) is 22.9 Å². The van der Waals surface area contributed by atoms with E-state index in [1.54, 1.807) is 6.07 Å². The minimum Gasteiger partial charge on any atom is -0.313 e. The Kier molecular flexibility index (Phi) is 5.92. The van der Waals surface area contributed by atoms with Crippen LogP contribution in [0, 0.1) is 5.82 Å². The average molecular weight is 411 g/mol. The van der Waals surface area contributed by atoms with Crippen LogP contribution in [0.3, 0.4) is 0 Å². The molecule has 1 saturated heterocycles. The molecule has 6 nitrogen and oxygen atoms in total. The van der Waals surface area contributed by atoms with Gasteiger partial charge in [-0.05, 0) is 55.0 Å². The van der Waals surface area contributed by atoms with Crippen LogP contribution in [-0.4, -0.2) is 46.4 Å². The van der Waals surface area contributed by atoms with Crippen molar-refractivity contribution in [1.29, 1.82) is 0 Å². The van der Waals surface area contributed by atoms with Crippen molar-refractivity contribution in [2.45, 2.75) is 38.8 Å². The molecule has 1 aromatic heterocycles. The number of piperazine rings is 1. The van der Waals surface area contributed by atoms with E-state index in [1.165, 1.54) is 21.6 Å². The van der Waals surface area contributed by atoms with Crippen LogP contribution in [-0.2, 0) is 5.54 Å². The predicted molar refractivity (Wildman–Crippen MR) is 113 cm³/mol. The molecule has 0 bridgehead atoms. The third-order valence-electron chi connectivity index (χ3n) is 6.49. The van der Waals surface area contributed by atoms with Crippen molar-refractivity contribution in [3.8, 4) is 0 Å². The Bertz CT molecular complexity index is 963. The number of hydrogen-bond acceptors (Lipinski definition) is 3. The number of nitrogens with zero attached hydrogens (tertiary/aromatic N) is 4. The van der Waals surface area contributed by atoms with E-state index in [0.29, 0.717) is 5.56 Å². The van der Waals surface area contributed by atoms with E-state index in [0.717, 1.165) is 38.4 Å². The maximum absolute atomic E-state index is 14.9. The van der Waals surface area contributed by atoms with Crippen LogP contribution < -0.4 is 9.80 Å². The lowest BCUT2D eigenvalue weighted by atomic mass is 9.98. The molecule has 1 fully saturated rings. The van der Waals surface area contributed by atoms with Gasteiger partial charge in [0.2, 0.25) is 5.82 Å². The van der Waals surface area contributed by atoms with Crippen LogP contribution in [0.1, 0.15) is 44.6 Å². The van der Waals surface area contributed by atoms with Crippen molar-refractivity contribution < 1.29 is 14.2 Å². The first-order valence-electron chi connectivity index (χ1n) is 10.8. The third-order valence-corrected chi connectivity index (χ3v) is 6.49. The molecule has 1 atom stereocenters. The number of halogens is 1. The number of quaternary nitrogens is 2. The maximum atomic E-state index is 14.9. The number of rotatable bonds is 6. The standard InChI is InChI=1S/C23H29FN6/c1-4-23(2,3)30-22(25-26-27-30)21(19-12-8-9-13-20(19)24)29-16-14-28(15-17-29)18-10-6-5-7-11-18/h5-13,21H,4,14-17H2,1-3H3/p+2/t21-/m0/s1. The Morgan fingerprint density at radius 2 is 1.67 bits per heavy atom. The molecular formula is C23H31FN6+2. The van der Waals surface area contributed by atoms with Crippen molar-refractivity contribution >= 4 is 5.69 Å². The van der Waals surface area contributed by atoms with Crippen molar-refractivity contribution in [1.82, 2.24) is 20.2 Å². The second-order valence-electron chi connectivity index (χ2n) is 8.70. The van der Waals surface area contributed by atoms with E-state index in [4.69, 9.17) is 0 Å². The highest BCUT2D eigenvalue weighted by Gasteiger charge is 2.39. The zero-order valence-electron chi connectivity index (χ0n) is 18.0. The molecule has 0 amide bonds. The first kappa shape index (κ1) is 20.6. The highest BCUT2D eigenvalue weighted by atomic mass is 19.1. The lowest BCUT2D eigenvalue weighted by molar-refractivity contribution is -1.00. The fourth-order valence-electron chi connectivity index (χ4n) is 4.33. The Balaban J connectivity index is 1.67. The average Bonchev–Trinajstić information content (AvgIpc) is 3.27. The maximum Gasteiger partial charge on any atom is 0.214 e. The highest BCUT2D eigenvalue weighted by molar-refractivity contribution is 5.28. The fraction of sp³-hybridized carbons (Fsp3) is 0.435. The SMILES string of the molecule is CCC(C)(C)n1nnnc1[C@H](c1ccccc1F)[NH+]1CC[NH+](c2ccccc2)CC1. The molecule has 2 aromatic carbocycles. The van der Waals surface area contributed by atoms with Gasteiger partial charge in [-0.1, -0.05) is 37.3 Å². The highest BCUT2D eigenvalue weighted by Crippen LogP contribution is 2.26. The molecule has 1 aliphatic rings. The number of para-hydroxylation sites is 1. The van der Waals surface area contributed by atoms with Gasteiger partial charge >= 0.3 is 0 Å². The number of aromatic nitrogens is 4. The lowest BCUT2D eigenvalue weighted by Crippen LogP contribution is -3.26. The van der Waals surface area contributed by atoms with Crippen molar-refractivity contribution in [3.05, 3.63) is 71.8 Å². The van der Waals surface area contributed by atoms with Crippen molar-refractivity contribution in [2.24, 2.45) is 0 Å². The van der Waals surface area contributed by atoms with Crippen LogP contribution >= 0.6 is 0 Å². The summed E-state index contributed by atoms with van der Waals surface area (Å²) < 4.78 is 16.8. The van der Waals surface area contributed by atoms with Gasteiger partial charge in [-0.15, -0.1) is 5.10 Å². The molecule has 0 aliphatic carbocycles. The van der Waals surface area contributed by atoms with E-state index in [2.05, 4.69) is 60.6 Å². The van der Waals surface area contributed by atoms with Crippen molar-refractivity contribution in [2.75, 3.05) is 26.2 Å². The zero-order chi connectivity index (χ0) is 21.1. The van der Waals surface area contributed by atoms with Crippen LogP contribution in [0.15, 0.2) is 54.6 Å². The summed E-state index contributed by atoms with van der Waals surface area (Å²) in [4.78, 5) is 2.78. The van der Waals surface area contributed by atoms with E-state index in [-0.39, 0.29) is 17.4 Å². The largest absolute Gasteiger partial charge is 0.313 e. The molecular weight excluding hydrogens is 379 g/mol. The molecule has 0 radical (unpaired) electrons. The number of tetrazole rings is 1. The molecule has 0 saturated carbocycles. The predicted octanol–water partition coefficient (Wildman–Crippen LogP) is 1.16. The van der Waals surface area contributed by atoms with Gasteiger partial charge in [0.15, 0.2) is 6.04 Å². The summed E-state index contributed by atoms with van der Waals surface area (Å²) in [6.07, 6.45) is 0.885. The van der Waals surface area contributed by atoms with Gasteiger partial charge < -0.3 is 4.90 Å². The summed E-state index contributed by atoms with van der Waals surface area (Å²) in [6, 6.07) is 17.4. The molecule has 3 aromatic rings. The fourth-order valence-corrected chi connectivity index (χ4v) is 4.33. The van der Waals surface area contributed by atoms with Gasteiger partial charge in [0.1, 0.15) is 37.7 Å². The second kappa shape index (κ2) is 8.62. The summed E-state index contributed by atoms with van der Waals surface area (Å²) in [5.41, 5.74) is 1.74. The smallest absolute Gasteiger partial charge is 0.214 e. The summed E-state index contributed by atoms with van der Waals surface area (Å²) in [6.45, 7) is 10.2. The monoisotopic (exact) mass is 410 g/mol. The first-order valence-corrected chi connectivity index (χ1v) is 10.8. The van der Waals surface area contributed by atoms with Crippen LogP contribution in [0.25, 0.3) is 0 Å². The number of nitrogens with one attached hydrogen (secondary N) is 2. The minimum absolute atomic E-state index is 0.198. The van der Waals surface area contributed by atoms with Gasteiger partial charge in [0.25, 0.3) is 0 Å². The lowest BCUT2D eigenvalue weighted by Gasteiger charge is -2.35. The van der Waals surface area contributed by atoms with Crippen LogP contribution in [0.5, 0.6) is 0 Å². The van der Waals surface area contributed by atoms with Crippen molar-refractivity contribution in [3.63, 3.8) is 0 Å². The number of hydrogen-bond donors (Lipinski definition) is 2. The molecule has 2 heterocycles. The topological polar surface area (TPSA) is 52.5 Å². The Morgan fingerprint density at radius 3 is 2.33 bits per heavy atom. The van der Waals surface area contributed by atoms with Gasteiger partial charge in [0, 0.05) is 0 Å². The zero-order valence-corrected chi connectivity index (χ0v) is 18.0. The molecule has 2 N–H and O–H groups in total. The van der Waals surface area contributed by atoms with E-state index < -0.39 is 0 Å². The molecule has 1 aliphatic heterocycles. The van der Waals surface area contributed by atoms with E-state index in [9.17, 15) is 4.39 Å². The number of benzene rings is 2. The van der Waals surface area contributed by atoms with Gasteiger partial charge in [-0.3, -0.25) is 4.90 Å². The summed E-state index contributed by atoms with van der Waals surface area (Å²) in [5, 5.41) is 12.7. The van der Waals surface area contributed by atoms with Gasteiger partial charge in [-0.2, -0.15) is 0 Å². The molecule has 0 spiro atoms. The molecule has 0 unspecified atom stereocenters. The van der Waals surface area contributed by atoms with Crippen LogP contribution in [0.2, 0.25) is 0 Å². The normalized spacial score (nSPS) is 20.8. The minimum atomic E-state index is -0.237.